The molecule has 0 aliphatic rings. The molecule has 2 aromatic rings. The highest BCUT2D eigenvalue weighted by molar-refractivity contribution is 9.11. The fourth-order valence-electron chi connectivity index (χ4n) is 1.38. The van der Waals surface area contributed by atoms with E-state index in [0.29, 0.717) is 16.2 Å². The number of hydrogen-bond donors (Lipinski definition) is 0. The predicted molar refractivity (Wildman–Crippen MR) is 74.5 cm³/mol. The minimum atomic E-state index is -0.0804. The topological polar surface area (TPSA) is 34.9 Å². The maximum Gasteiger partial charge on any atom is 0.265 e. The molecule has 3 nitrogen and oxygen atoms in total. The predicted octanol–water partition coefficient (Wildman–Crippen LogP) is 3.47. The Morgan fingerprint density at radius 2 is 2.12 bits per heavy atom. The summed E-state index contributed by atoms with van der Waals surface area (Å²) in [5, 5.41) is 0.441. The van der Waals surface area contributed by atoms with E-state index in [1.807, 2.05) is 6.07 Å². The molecule has 0 spiro atoms. The van der Waals surface area contributed by atoms with Crippen LogP contribution < -0.4 is 5.56 Å². The first kappa shape index (κ1) is 12.8. The maximum absolute atomic E-state index is 11.8. The Bertz CT molecular complexity index is 595. The standard InChI is InChI=1S/C11H7Br2ClN2O/c12-8-3-9(13)11(17)16(6-8)5-7-1-2-10(14)15-4-7/h1-4,6H,5H2. The Morgan fingerprint density at radius 1 is 1.35 bits per heavy atom. The summed E-state index contributed by atoms with van der Waals surface area (Å²) in [6, 6.07) is 5.27. The Hall–Kier alpha value is -0.650. The van der Waals surface area contributed by atoms with Gasteiger partial charge in [-0.2, -0.15) is 0 Å². The molecule has 88 valence electrons. The van der Waals surface area contributed by atoms with Gasteiger partial charge in [0.05, 0.1) is 11.0 Å². The fourth-order valence-corrected chi connectivity index (χ4v) is 2.75. The third-order valence-electron chi connectivity index (χ3n) is 2.15. The maximum atomic E-state index is 11.8. The summed E-state index contributed by atoms with van der Waals surface area (Å²) in [6.45, 7) is 0.459. The summed E-state index contributed by atoms with van der Waals surface area (Å²) >= 11 is 12.3. The van der Waals surface area contributed by atoms with Gasteiger partial charge in [-0.1, -0.05) is 17.7 Å². The Labute approximate surface area is 120 Å². The summed E-state index contributed by atoms with van der Waals surface area (Å²) in [5.74, 6) is 0. The normalized spacial score (nSPS) is 10.5. The average molecular weight is 378 g/mol. The van der Waals surface area contributed by atoms with Gasteiger partial charge in [0, 0.05) is 16.9 Å². The van der Waals surface area contributed by atoms with E-state index < -0.39 is 0 Å². The van der Waals surface area contributed by atoms with Crippen LogP contribution in [0.4, 0.5) is 0 Å². The first-order chi connectivity index (χ1) is 8.06. The molecule has 0 radical (unpaired) electrons. The van der Waals surface area contributed by atoms with Gasteiger partial charge < -0.3 is 4.57 Å². The van der Waals surface area contributed by atoms with Crippen molar-refractivity contribution in [3.05, 3.63) is 60.6 Å². The number of halogens is 3. The number of pyridine rings is 2. The van der Waals surface area contributed by atoms with Crippen molar-refractivity contribution in [2.45, 2.75) is 6.54 Å². The van der Waals surface area contributed by atoms with Crippen LogP contribution in [0.15, 0.2) is 44.3 Å². The van der Waals surface area contributed by atoms with Gasteiger partial charge in [-0.05, 0) is 49.6 Å². The van der Waals surface area contributed by atoms with E-state index in [9.17, 15) is 4.79 Å². The molecule has 2 heterocycles. The minimum Gasteiger partial charge on any atom is -0.309 e. The lowest BCUT2D eigenvalue weighted by atomic mass is 10.3. The second-order valence-electron chi connectivity index (χ2n) is 3.43. The average Bonchev–Trinajstić information content (AvgIpc) is 2.28. The van der Waals surface area contributed by atoms with Gasteiger partial charge in [0.15, 0.2) is 0 Å². The van der Waals surface area contributed by atoms with Crippen LogP contribution in [0.1, 0.15) is 5.56 Å². The summed E-state index contributed by atoms with van der Waals surface area (Å²) < 4.78 is 2.96. The number of hydrogen-bond acceptors (Lipinski definition) is 2. The Morgan fingerprint density at radius 3 is 2.76 bits per heavy atom. The molecule has 0 N–H and O–H groups in total. The molecule has 0 amide bonds. The quantitative estimate of drug-likeness (QED) is 0.750. The molecule has 0 saturated carbocycles. The second kappa shape index (κ2) is 5.33. The van der Waals surface area contributed by atoms with Gasteiger partial charge >= 0.3 is 0 Å². The van der Waals surface area contributed by atoms with Gasteiger partial charge in [0.2, 0.25) is 0 Å². The van der Waals surface area contributed by atoms with E-state index in [-0.39, 0.29) is 5.56 Å². The summed E-state index contributed by atoms with van der Waals surface area (Å²) in [7, 11) is 0. The zero-order valence-electron chi connectivity index (χ0n) is 8.53. The molecule has 17 heavy (non-hydrogen) atoms. The van der Waals surface area contributed by atoms with Crippen molar-refractivity contribution in [1.82, 2.24) is 9.55 Å². The van der Waals surface area contributed by atoms with Crippen molar-refractivity contribution in [2.75, 3.05) is 0 Å². The summed E-state index contributed by atoms with van der Waals surface area (Å²) in [6.07, 6.45) is 3.39. The molecular weight excluding hydrogens is 371 g/mol. The Balaban J connectivity index is 2.36. The van der Waals surface area contributed by atoms with E-state index in [1.165, 1.54) is 0 Å². The lowest BCUT2D eigenvalue weighted by Gasteiger charge is -2.07. The SMILES string of the molecule is O=c1c(Br)cc(Br)cn1Cc1ccc(Cl)nc1. The van der Waals surface area contributed by atoms with Crippen molar-refractivity contribution in [1.29, 1.82) is 0 Å². The van der Waals surface area contributed by atoms with Crippen LogP contribution in [0.25, 0.3) is 0 Å². The molecule has 0 saturated heterocycles. The molecule has 0 unspecified atom stereocenters. The monoisotopic (exact) mass is 376 g/mol. The van der Waals surface area contributed by atoms with Crippen molar-refractivity contribution in [3.8, 4) is 0 Å². The van der Waals surface area contributed by atoms with E-state index in [1.54, 1.807) is 29.1 Å². The molecule has 0 aromatic carbocycles. The minimum absolute atomic E-state index is 0.0804. The van der Waals surface area contributed by atoms with Crippen LogP contribution in [0.5, 0.6) is 0 Å². The van der Waals surface area contributed by atoms with Crippen molar-refractivity contribution in [2.24, 2.45) is 0 Å². The van der Waals surface area contributed by atoms with E-state index in [4.69, 9.17) is 11.6 Å². The number of nitrogens with zero attached hydrogens (tertiary/aromatic N) is 2. The van der Waals surface area contributed by atoms with Crippen LogP contribution in [0, 0.1) is 0 Å². The Kier molecular flexibility index (Phi) is 4.01. The van der Waals surface area contributed by atoms with Crippen molar-refractivity contribution < 1.29 is 0 Å². The smallest absolute Gasteiger partial charge is 0.265 e. The van der Waals surface area contributed by atoms with Crippen molar-refractivity contribution in [3.63, 3.8) is 0 Å². The zero-order valence-corrected chi connectivity index (χ0v) is 12.5. The van der Waals surface area contributed by atoms with Crippen LogP contribution >= 0.6 is 43.5 Å². The molecule has 0 aliphatic carbocycles. The summed E-state index contributed by atoms with van der Waals surface area (Å²) in [5.41, 5.74) is 0.838. The highest BCUT2D eigenvalue weighted by Crippen LogP contribution is 2.14. The highest BCUT2D eigenvalue weighted by atomic mass is 79.9. The lowest BCUT2D eigenvalue weighted by molar-refractivity contribution is 0.749. The number of aromatic nitrogens is 2. The zero-order chi connectivity index (χ0) is 12.4. The molecule has 0 atom stereocenters. The molecule has 2 aromatic heterocycles. The van der Waals surface area contributed by atoms with Crippen LogP contribution in [-0.4, -0.2) is 9.55 Å². The van der Waals surface area contributed by atoms with Crippen LogP contribution in [0.3, 0.4) is 0 Å². The molecule has 2 rings (SSSR count). The van der Waals surface area contributed by atoms with Gasteiger partial charge in [-0.3, -0.25) is 4.79 Å². The third-order valence-corrected chi connectivity index (χ3v) is 3.38. The fraction of sp³-hybridized carbons (Fsp3) is 0.0909. The van der Waals surface area contributed by atoms with Crippen molar-refractivity contribution >= 4 is 43.5 Å². The van der Waals surface area contributed by atoms with Gasteiger partial charge in [-0.15, -0.1) is 0 Å². The van der Waals surface area contributed by atoms with E-state index in [2.05, 4.69) is 36.8 Å². The largest absolute Gasteiger partial charge is 0.309 e. The molecular formula is C11H7Br2ClN2O. The first-order valence-electron chi connectivity index (χ1n) is 4.72. The van der Waals surface area contributed by atoms with Gasteiger partial charge in [0.25, 0.3) is 5.56 Å². The molecule has 0 aliphatic heterocycles. The summed E-state index contributed by atoms with van der Waals surface area (Å²) in [4.78, 5) is 15.8. The van der Waals surface area contributed by atoms with Crippen LogP contribution in [0.2, 0.25) is 5.15 Å². The van der Waals surface area contributed by atoms with Crippen LogP contribution in [-0.2, 0) is 6.54 Å². The van der Waals surface area contributed by atoms with E-state index >= 15 is 0 Å². The number of rotatable bonds is 2. The first-order valence-corrected chi connectivity index (χ1v) is 6.68. The third kappa shape index (κ3) is 3.18. The second-order valence-corrected chi connectivity index (χ2v) is 5.59. The highest BCUT2D eigenvalue weighted by Gasteiger charge is 2.04. The van der Waals surface area contributed by atoms with Gasteiger partial charge in [-0.25, -0.2) is 4.98 Å². The lowest BCUT2D eigenvalue weighted by Crippen LogP contribution is -2.20. The molecule has 0 fully saturated rings. The molecule has 0 bridgehead atoms. The van der Waals surface area contributed by atoms with Gasteiger partial charge in [0.1, 0.15) is 5.15 Å². The van der Waals surface area contributed by atoms with E-state index in [0.717, 1.165) is 10.0 Å². The molecule has 6 heteroatoms.